The highest BCUT2D eigenvalue weighted by atomic mass is 79.9. The van der Waals surface area contributed by atoms with Crippen molar-refractivity contribution in [2.75, 3.05) is 5.32 Å². The quantitative estimate of drug-likeness (QED) is 0.905. The Labute approximate surface area is 117 Å². The zero-order valence-corrected chi connectivity index (χ0v) is 12.4. The molecule has 0 spiro atoms. The molecule has 5 heteroatoms. The number of hydrogen-bond donors (Lipinski definition) is 1. The molecule has 1 N–H and O–H groups in total. The van der Waals surface area contributed by atoms with Gasteiger partial charge in [-0.3, -0.25) is 9.97 Å². The minimum Gasteiger partial charge on any atom is -0.378 e. The van der Waals surface area contributed by atoms with Crippen molar-refractivity contribution in [2.45, 2.75) is 13.5 Å². The van der Waals surface area contributed by atoms with E-state index in [-0.39, 0.29) is 0 Å². The van der Waals surface area contributed by atoms with Crippen molar-refractivity contribution in [3.63, 3.8) is 0 Å². The van der Waals surface area contributed by atoms with E-state index in [4.69, 9.17) is 0 Å². The fourth-order valence-corrected chi connectivity index (χ4v) is 2.46. The average molecular weight is 357 g/mol. The van der Waals surface area contributed by atoms with Crippen LogP contribution in [0.15, 0.2) is 39.5 Å². The number of nitrogens with zero attached hydrogens (tertiary/aromatic N) is 2. The first kappa shape index (κ1) is 12.5. The van der Waals surface area contributed by atoms with Gasteiger partial charge < -0.3 is 5.32 Å². The Morgan fingerprint density at radius 2 is 2.00 bits per heavy atom. The van der Waals surface area contributed by atoms with Crippen LogP contribution < -0.4 is 5.32 Å². The van der Waals surface area contributed by atoms with Crippen LogP contribution in [0.4, 0.5) is 5.69 Å². The number of hydrogen-bond acceptors (Lipinski definition) is 3. The Hall–Kier alpha value is -0.940. The maximum absolute atomic E-state index is 4.33. The van der Waals surface area contributed by atoms with Crippen LogP contribution in [0, 0.1) is 6.92 Å². The first-order valence-corrected chi connectivity index (χ1v) is 6.70. The van der Waals surface area contributed by atoms with Gasteiger partial charge in [0.15, 0.2) is 0 Å². The van der Waals surface area contributed by atoms with Crippen LogP contribution in [0.5, 0.6) is 0 Å². The third kappa shape index (κ3) is 3.51. The first-order chi connectivity index (χ1) is 8.15. The Balaban J connectivity index is 2.04. The Morgan fingerprint density at radius 3 is 2.65 bits per heavy atom. The Bertz CT molecular complexity index is 512. The highest BCUT2D eigenvalue weighted by Crippen LogP contribution is 2.20. The van der Waals surface area contributed by atoms with E-state index in [1.54, 1.807) is 6.20 Å². The summed E-state index contributed by atoms with van der Waals surface area (Å²) in [7, 11) is 0. The van der Waals surface area contributed by atoms with E-state index in [2.05, 4.69) is 47.1 Å². The lowest BCUT2D eigenvalue weighted by Crippen LogP contribution is -2.02. The van der Waals surface area contributed by atoms with Crippen LogP contribution in [0.1, 0.15) is 11.4 Å². The standard InChI is InChI=1S/C12H11Br2N3/c1-8-2-3-10(6-15-8)16-7-12-11(14)4-9(13)5-17-12/h2-6,16H,7H2,1H3. The Kier molecular flexibility index (Phi) is 4.12. The van der Waals surface area contributed by atoms with Crippen LogP contribution in [0.2, 0.25) is 0 Å². The van der Waals surface area contributed by atoms with Crippen molar-refractivity contribution in [1.82, 2.24) is 9.97 Å². The normalized spacial score (nSPS) is 10.3. The van der Waals surface area contributed by atoms with Gasteiger partial charge in [0.2, 0.25) is 0 Å². The zero-order chi connectivity index (χ0) is 12.3. The number of aromatic nitrogens is 2. The van der Waals surface area contributed by atoms with Crippen molar-refractivity contribution in [3.8, 4) is 0 Å². The predicted molar refractivity (Wildman–Crippen MR) is 75.9 cm³/mol. The van der Waals surface area contributed by atoms with Gasteiger partial charge >= 0.3 is 0 Å². The van der Waals surface area contributed by atoms with E-state index >= 15 is 0 Å². The van der Waals surface area contributed by atoms with Gasteiger partial charge in [0, 0.05) is 20.8 Å². The molecule has 0 aromatic carbocycles. The summed E-state index contributed by atoms with van der Waals surface area (Å²) in [6.45, 7) is 2.63. The molecule has 0 bridgehead atoms. The van der Waals surface area contributed by atoms with Crippen LogP contribution in [-0.2, 0) is 6.54 Å². The second-order valence-electron chi connectivity index (χ2n) is 3.62. The summed E-state index contributed by atoms with van der Waals surface area (Å²) in [5, 5.41) is 3.28. The second-order valence-corrected chi connectivity index (χ2v) is 5.39. The van der Waals surface area contributed by atoms with Crippen molar-refractivity contribution < 1.29 is 0 Å². The fourth-order valence-electron chi connectivity index (χ4n) is 1.33. The summed E-state index contributed by atoms with van der Waals surface area (Å²) >= 11 is 6.86. The minimum absolute atomic E-state index is 0.665. The van der Waals surface area contributed by atoms with E-state index in [0.29, 0.717) is 6.54 Å². The molecule has 17 heavy (non-hydrogen) atoms. The average Bonchev–Trinajstić information content (AvgIpc) is 2.30. The number of anilines is 1. The number of nitrogens with one attached hydrogen (secondary N) is 1. The van der Waals surface area contributed by atoms with E-state index in [1.807, 2.05) is 31.3 Å². The van der Waals surface area contributed by atoms with Gasteiger partial charge in [0.05, 0.1) is 24.1 Å². The third-order valence-electron chi connectivity index (χ3n) is 2.26. The predicted octanol–water partition coefficient (Wildman–Crippen LogP) is 3.92. The van der Waals surface area contributed by atoms with Gasteiger partial charge in [-0.2, -0.15) is 0 Å². The summed E-state index contributed by atoms with van der Waals surface area (Å²) in [6, 6.07) is 5.97. The topological polar surface area (TPSA) is 37.8 Å². The largest absolute Gasteiger partial charge is 0.378 e. The van der Waals surface area contributed by atoms with E-state index in [1.165, 1.54) is 0 Å². The fraction of sp³-hybridized carbons (Fsp3) is 0.167. The van der Waals surface area contributed by atoms with Gasteiger partial charge in [-0.15, -0.1) is 0 Å². The minimum atomic E-state index is 0.665. The zero-order valence-electron chi connectivity index (χ0n) is 9.24. The van der Waals surface area contributed by atoms with Gasteiger partial charge in [0.1, 0.15) is 0 Å². The molecule has 2 rings (SSSR count). The number of halogens is 2. The SMILES string of the molecule is Cc1ccc(NCc2ncc(Br)cc2Br)cn1. The van der Waals surface area contributed by atoms with Crippen molar-refractivity contribution >= 4 is 37.5 Å². The van der Waals surface area contributed by atoms with Crippen molar-refractivity contribution in [3.05, 3.63) is 50.9 Å². The molecule has 0 atom stereocenters. The lowest BCUT2D eigenvalue weighted by atomic mass is 10.3. The number of pyridine rings is 2. The van der Waals surface area contributed by atoms with Crippen LogP contribution in [0.25, 0.3) is 0 Å². The van der Waals surface area contributed by atoms with E-state index < -0.39 is 0 Å². The summed E-state index contributed by atoms with van der Waals surface area (Å²) < 4.78 is 1.95. The molecule has 3 nitrogen and oxygen atoms in total. The van der Waals surface area contributed by atoms with Gasteiger partial charge in [-0.1, -0.05) is 0 Å². The molecule has 2 heterocycles. The van der Waals surface area contributed by atoms with E-state index in [9.17, 15) is 0 Å². The van der Waals surface area contributed by atoms with Gasteiger partial charge in [-0.05, 0) is 57.0 Å². The number of aryl methyl sites for hydroxylation is 1. The summed E-state index contributed by atoms with van der Waals surface area (Å²) in [5.74, 6) is 0. The van der Waals surface area contributed by atoms with E-state index in [0.717, 1.165) is 26.0 Å². The van der Waals surface area contributed by atoms with Crippen molar-refractivity contribution in [1.29, 1.82) is 0 Å². The summed E-state index contributed by atoms with van der Waals surface area (Å²) in [6.07, 6.45) is 3.61. The molecule has 0 saturated carbocycles. The molecule has 88 valence electrons. The third-order valence-corrected chi connectivity index (χ3v) is 3.38. The second kappa shape index (κ2) is 5.60. The first-order valence-electron chi connectivity index (χ1n) is 5.11. The van der Waals surface area contributed by atoms with Crippen LogP contribution in [-0.4, -0.2) is 9.97 Å². The maximum Gasteiger partial charge on any atom is 0.0737 e. The summed E-state index contributed by atoms with van der Waals surface area (Å²) in [4.78, 5) is 8.56. The Morgan fingerprint density at radius 1 is 1.18 bits per heavy atom. The monoisotopic (exact) mass is 355 g/mol. The molecule has 0 unspecified atom stereocenters. The highest BCUT2D eigenvalue weighted by Gasteiger charge is 2.02. The van der Waals surface area contributed by atoms with Crippen LogP contribution in [0.3, 0.4) is 0 Å². The molecular weight excluding hydrogens is 346 g/mol. The lowest BCUT2D eigenvalue weighted by Gasteiger charge is -2.07. The van der Waals surface area contributed by atoms with Crippen molar-refractivity contribution in [2.24, 2.45) is 0 Å². The van der Waals surface area contributed by atoms with Crippen LogP contribution >= 0.6 is 31.9 Å². The molecule has 0 amide bonds. The molecule has 0 saturated heterocycles. The number of rotatable bonds is 3. The molecule has 0 aliphatic rings. The molecule has 0 aliphatic carbocycles. The molecular formula is C12H11Br2N3. The molecule has 2 aromatic rings. The summed E-state index contributed by atoms with van der Waals surface area (Å²) in [5.41, 5.74) is 2.97. The van der Waals surface area contributed by atoms with Gasteiger partial charge in [-0.25, -0.2) is 0 Å². The smallest absolute Gasteiger partial charge is 0.0737 e. The molecule has 0 aliphatic heterocycles. The highest BCUT2D eigenvalue weighted by molar-refractivity contribution is 9.11. The molecule has 2 aromatic heterocycles. The molecule has 0 fully saturated rings. The molecule has 0 radical (unpaired) electrons. The lowest BCUT2D eigenvalue weighted by molar-refractivity contribution is 1.02. The van der Waals surface area contributed by atoms with Gasteiger partial charge in [0.25, 0.3) is 0 Å². The maximum atomic E-state index is 4.33.